The number of furan rings is 1. The molecule has 2 N–H and O–H groups in total. The van der Waals surface area contributed by atoms with Gasteiger partial charge in [0.25, 0.3) is 10.0 Å². The molecule has 0 radical (unpaired) electrons. The van der Waals surface area contributed by atoms with Gasteiger partial charge in [-0.1, -0.05) is 23.7 Å². The number of rotatable bonds is 5. The van der Waals surface area contributed by atoms with Crippen LogP contribution in [-0.2, 0) is 16.6 Å². The molecule has 0 aliphatic carbocycles. The van der Waals surface area contributed by atoms with E-state index in [1.54, 1.807) is 31.2 Å². The molecule has 0 saturated heterocycles. The molecule has 0 amide bonds. The summed E-state index contributed by atoms with van der Waals surface area (Å²) in [7, 11) is -3.78. The number of nitrogens with one attached hydrogen (secondary N) is 1. The van der Waals surface area contributed by atoms with Gasteiger partial charge in [0.2, 0.25) is 5.09 Å². The molecule has 1 atom stereocenters. The quantitative estimate of drug-likeness (QED) is 0.888. The van der Waals surface area contributed by atoms with Crippen molar-refractivity contribution in [3.8, 4) is 0 Å². The summed E-state index contributed by atoms with van der Waals surface area (Å²) in [6.45, 7) is 1.36. The molecule has 108 valence electrons. The predicted octanol–water partition coefficient (Wildman–Crippen LogP) is 2.46. The number of halogens is 1. The largest absolute Gasteiger partial charge is 0.446 e. The molecule has 1 unspecified atom stereocenters. The van der Waals surface area contributed by atoms with E-state index in [0.29, 0.717) is 5.02 Å². The normalized spacial score (nSPS) is 13.3. The fourth-order valence-electron chi connectivity index (χ4n) is 1.72. The number of sulfonamides is 1. The Morgan fingerprint density at radius 2 is 2.10 bits per heavy atom. The first-order valence-corrected chi connectivity index (χ1v) is 7.76. The zero-order valence-corrected chi connectivity index (χ0v) is 12.3. The van der Waals surface area contributed by atoms with Crippen molar-refractivity contribution in [1.82, 2.24) is 4.72 Å². The fourth-order valence-corrected chi connectivity index (χ4v) is 3.10. The van der Waals surface area contributed by atoms with Crippen molar-refractivity contribution in [3.63, 3.8) is 0 Å². The smallest absolute Gasteiger partial charge is 0.274 e. The van der Waals surface area contributed by atoms with E-state index in [1.165, 1.54) is 12.1 Å². The van der Waals surface area contributed by atoms with Crippen LogP contribution in [0.1, 0.15) is 24.3 Å². The van der Waals surface area contributed by atoms with Crippen LogP contribution in [0.5, 0.6) is 0 Å². The van der Waals surface area contributed by atoms with E-state index in [2.05, 4.69) is 4.72 Å². The first kappa shape index (κ1) is 15.1. The Kier molecular flexibility index (Phi) is 4.49. The summed E-state index contributed by atoms with van der Waals surface area (Å²) < 4.78 is 31.7. The highest BCUT2D eigenvalue weighted by Crippen LogP contribution is 2.21. The van der Waals surface area contributed by atoms with Crippen molar-refractivity contribution in [3.05, 3.63) is 52.7 Å². The summed E-state index contributed by atoms with van der Waals surface area (Å²) in [4.78, 5) is 0. The average molecular weight is 316 g/mol. The third-order valence-corrected chi connectivity index (χ3v) is 4.39. The maximum Gasteiger partial charge on any atom is 0.274 e. The van der Waals surface area contributed by atoms with Gasteiger partial charge in [-0.3, -0.25) is 0 Å². The van der Waals surface area contributed by atoms with E-state index in [-0.39, 0.29) is 17.5 Å². The Bertz CT molecular complexity index is 696. The van der Waals surface area contributed by atoms with Gasteiger partial charge in [-0.2, -0.15) is 0 Å². The molecule has 0 spiro atoms. The molecular weight excluding hydrogens is 302 g/mol. The second kappa shape index (κ2) is 5.97. The Morgan fingerprint density at radius 1 is 1.35 bits per heavy atom. The van der Waals surface area contributed by atoms with Crippen molar-refractivity contribution >= 4 is 21.6 Å². The lowest BCUT2D eigenvalue weighted by Gasteiger charge is -2.13. The molecule has 20 heavy (non-hydrogen) atoms. The molecule has 0 aliphatic rings. The summed E-state index contributed by atoms with van der Waals surface area (Å²) in [5, 5.41) is 9.19. The van der Waals surface area contributed by atoms with Crippen LogP contribution in [-0.4, -0.2) is 13.5 Å². The van der Waals surface area contributed by atoms with Crippen LogP contribution >= 0.6 is 11.6 Å². The van der Waals surface area contributed by atoms with Crippen molar-refractivity contribution in [2.45, 2.75) is 24.7 Å². The lowest BCUT2D eigenvalue weighted by Crippen LogP contribution is -2.26. The summed E-state index contributed by atoms with van der Waals surface area (Å²) in [5.41, 5.74) is 0.745. The standard InChI is InChI=1S/C13H14ClNO4S/c1-9(10-3-2-4-11(14)7-10)15-20(17,18)13-6-5-12(8-16)19-13/h2-7,9,15-16H,8H2,1H3. The van der Waals surface area contributed by atoms with Crippen LogP contribution in [0.3, 0.4) is 0 Å². The van der Waals surface area contributed by atoms with E-state index in [9.17, 15) is 8.42 Å². The molecule has 0 fully saturated rings. The highest BCUT2D eigenvalue weighted by molar-refractivity contribution is 7.89. The van der Waals surface area contributed by atoms with Crippen molar-refractivity contribution < 1.29 is 17.9 Å². The van der Waals surface area contributed by atoms with E-state index in [0.717, 1.165) is 5.56 Å². The number of aliphatic hydroxyl groups excluding tert-OH is 1. The van der Waals surface area contributed by atoms with Crippen molar-refractivity contribution in [2.75, 3.05) is 0 Å². The molecule has 7 heteroatoms. The Labute approximate surface area is 122 Å². The van der Waals surface area contributed by atoms with Gasteiger partial charge >= 0.3 is 0 Å². The summed E-state index contributed by atoms with van der Waals surface area (Å²) in [6, 6.07) is 9.19. The van der Waals surface area contributed by atoms with Crippen molar-refractivity contribution in [2.24, 2.45) is 0 Å². The van der Waals surface area contributed by atoms with Crippen LogP contribution in [0.25, 0.3) is 0 Å². The zero-order valence-electron chi connectivity index (χ0n) is 10.7. The molecule has 1 aromatic carbocycles. The molecule has 2 rings (SSSR count). The number of hydrogen-bond donors (Lipinski definition) is 2. The number of aliphatic hydroxyl groups is 1. The predicted molar refractivity (Wildman–Crippen MR) is 74.8 cm³/mol. The second-order valence-corrected chi connectivity index (χ2v) is 6.36. The van der Waals surface area contributed by atoms with Gasteiger partial charge in [-0.15, -0.1) is 0 Å². The number of benzene rings is 1. The summed E-state index contributed by atoms with van der Waals surface area (Å²) >= 11 is 5.88. The molecule has 0 bridgehead atoms. The highest BCUT2D eigenvalue weighted by Gasteiger charge is 2.22. The van der Waals surface area contributed by atoms with Gasteiger partial charge < -0.3 is 9.52 Å². The zero-order chi connectivity index (χ0) is 14.8. The fraction of sp³-hybridized carbons (Fsp3) is 0.231. The van der Waals surface area contributed by atoms with Crippen LogP contribution in [0.15, 0.2) is 45.9 Å². The van der Waals surface area contributed by atoms with Gasteiger partial charge in [-0.25, -0.2) is 13.1 Å². The monoisotopic (exact) mass is 315 g/mol. The lowest BCUT2D eigenvalue weighted by molar-refractivity contribution is 0.236. The third-order valence-electron chi connectivity index (χ3n) is 2.74. The molecule has 1 aromatic heterocycles. The first-order chi connectivity index (χ1) is 9.42. The van der Waals surface area contributed by atoms with E-state index >= 15 is 0 Å². The average Bonchev–Trinajstić information content (AvgIpc) is 2.87. The Hall–Kier alpha value is -1.34. The van der Waals surface area contributed by atoms with Crippen LogP contribution in [0.2, 0.25) is 5.02 Å². The van der Waals surface area contributed by atoms with Gasteiger partial charge in [0, 0.05) is 11.1 Å². The maximum atomic E-state index is 12.1. The molecule has 0 aliphatic heterocycles. The summed E-state index contributed by atoms with van der Waals surface area (Å²) in [6.07, 6.45) is 0. The topological polar surface area (TPSA) is 79.5 Å². The SMILES string of the molecule is CC(NS(=O)(=O)c1ccc(CO)o1)c1cccc(Cl)c1. The van der Waals surface area contributed by atoms with E-state index in [4.69, 9.17) is 21.1 Å². The number of hydrogen-bond acceptors (Lipinski definition) is 4. The molecule has 0 saturated carbocycles. The van der Waals surface area contributed by atoms with Crippen LogP contribution < -0.4 is 4.72 Å². The second-order valence-electron chi connectivity index (χ2n) is 4.28. The minimum Gasteiger partial charge on any atom is -0.446 e. The van der Waals surface area contributed by atoms with Gasteiger partial charge in [0.15, 0.2) is 0 Å². The molecular formula is C13H14ClNO4S. The van der Waals surface area contributed by atoms with Gasteiger partial charge in [0.05, 0.1) is 0 Å². The molecule has 1 heterocycles. The van der Waals surface area contributed by atoms with Crippen LogP contribution in [0.4, 0.5) is 0 Å². The highest BCUT2D eigenvalue weighted by atomic mass is 35.5. The van der Waals surface area contributed by atoms with Gasteiger partial charge in [-0.05, 0) is 36.8 Å². The minimum atomic E-state index is -3.78. The third kappa shape index (κ3) is 3.40. The minimum absolute atomic E-state index is 0.195. The molecule has 2 aromatic rings. The van der Waals surface area contributed by atoms with E-state index < -0.39 is 16.1 Å². The Balaban J connectivity index is 2.19. The summed E-state index contributed by atoms with van der Waals surface area (Å²) in [5.74, 6) is 0.195. The molecule has 5 nitrogen and oxygen atoms in total. The Morgan fingerprint density at radius 3 is 2.70 bits per heavy atom. The first-order valence-electron chi connectivity index (χ1n) is 5.90. The van der Waals surface area contributed by atoms with Crippen LogP contribution in [0, 0.1) is 0 Å². The van der Waals surface area contributed by atoms with E-state index in [1.807, 2.05) is 0 Å². The maximum absolute atomic E-state index is 12.1. The van der Waals surface area contributed by atoms with Crippen molar-refractivity contribution in [1.29, 1.82) is 0 Å². The lowest BCUT2D eigenvalue weighted by atomic mass is 10.1. The van der Waals surface area contributed by atoms with Gasteiger partial charge in [0.1, 0.15) is 12.4 Å².